The highest BCUT2D eigenvalue weighted by Gasteiger charge is 2.26. The molecule has 21 heavy (non-hydrogen) atoms. The molecule has 1 aliphatic heterocycles. The molecule has 116 valence electrons. The van der Waals surface area contributed by atoms with Crippen LogP contribution in [0.4, 0.5) is 4.79 Å². The minimum absolute atomic E-state index is 0.139. The maximum absolute atomic E-state index is 11.7. The van der Waals surface area contributed by atoms with Gasteiger partial charge in [-0.15, -0.1) is 0 Å². The van der Waals surface area contributed by atoms with Crippen molar-refractivity contribution in [1.82, 2.24) is 15.2 Å². The monoisotopic (exact) mass is 311 g/mol. The van der Waals surface area contributed by atoms with Gasteiger partial charge >= 0.3 is 6.09 Å². The number of halogens is 1. The van der Waals surface area contributed by atoms with Gasteiger partial charge in [-0.05, 0) is 38.8 Å². The van der Waals surface area contributed by atoms with Crippen molar-refractivity contribution in [3.8, 4) is 0 Å². The maximum atomic E-state index is 11.7. The molecule has 0 bridgehead atoms. The van der Waals surface area contributed by atoms with Gasteiger partial charge < -0.3 is 10.1 Å². The lowest BCUT2D eigenvalue weighted by atomic mass is 10.2. The molecular weight excluding hydrogens is 290 g/mol. The Morgan fingerprint density at radius 3 is 2.90 bits per heavy atom. The van der Waals surface area contributed by atoms with Crippen LogP contribution in [0.15, 0.2) is 18.3 Å². The molecule has 1 aromatic heterocycles. The van der Waals surface area contributed by atoms with E-state index in [2.05, 4.69) is 15.2 Å². The molecule has 5 nitrogen and oxygen atoms in total. The predicted molar refractivity (Wildman–Crippen MR) is 82.3 cm³/mol. The molecular formula is C15H22ClN3O2. The highest BCUT2D eigenvalue weighted by Crippen LogP contribution is 2.15. The van der Waals surface area contributed by atoms with Gasteiger partial charge in [0.15, 0.2) is 0 Å². The average Bonchev–Trinajstić information content (AvgIpc) is 2.77. The Bertz CT molecular complexity index is 485. The number of hydrogen-bond acceptors (Lipinski definition) is 4. The Balaban J connectivity index is 1.78. The van der Waals surface area contributed by atoms with E-state index in [-0.39, 0.29) is 12.1 Å². The van der Waals surface area contributed by atoms with Crippen LogP contribution < -0.4 is 5.32 Å². The molecule has 0 radical (unpaired) electrons. The topological polar surface area (TPSA) is 54.5 Å². The molecule has 1 fully saturated rings. The van der Waals surface area contributed by atoms with E-state index in [9.17, 15) is 4.79 Å². The van der Waals surface area contributed by atoms with Gasteiger partial charge in [0, 0.05) is 31.9 Å². The van der Waals surface area contributed by atoms with E-state index in [1.165, 1.54) is 0 Å². The van der Waals surface area contributed by atoms with E-state index in [1.54, 1.807) is 12.3 Å². The summed E-state index contributed by atoms with van der Waals surface area (Å²) >= 11 is 5.78. The zero-order chi connectivity index (χ0) is 15.5. The molecule has 0 spiro atoms. The number of carbonyl (C=O) groups is 1. The number of nitrogens with one attached hydrogen (secondary N) is 1. The molecule has 2 rings (SSSR count). The first-order chi connectivity index (χ1) is 9.82. The summed E-state index contributed by atoms with van der Waals surface area (Å²) in [4.78, 5) is 18.1. The fourth-order valence-corrected chi connectivity index (χ4v) is 2.44. The third-order valence-corrected chi connectivity index (χ3v) is 3.41. The molecule has 0 saturated carbocycles. The zero-order valence-corrected chi connectivity index (χ0v) is 13.5. The smallest absolute Gasteiger partial charge is 0.407 e. The Morgan fingerprint density at radius 2 is 2.29 bits per heavy atom. The van der Waals surface area contributed by atoms with Crippen molar-refractivity contribution < 1.29 is 9.53 Å². The van der Waals surface area contributed by atoms with Gasteiger partial charge in [0.05, 0.1) is 0 Å². The van der Waals surface area contributed by atoms with Crippen molar-refractivity contribution in [2.24, 2.45) is 0 Å². The molecule has 1 aliphatic rings. The fraction of sp³-hybridized carbons (Fsp3) is 0.600. The second-order valence-electron chi connectivity index (χ2n) is 6.36. The summed E-state index contributed by atoms with van der Waals surface area (Å²) < 4.78 is 5.27. The quantitative estimate of drug-likeness (QED) is 0.872. The number of hydrogen-bond donors (Lipinski definition) is 1. The van der Waals surface area contributed by atoms with Crippen LogP contribution in [0.5, 0.6) is 0 Å². The van der Waals surface area contributed by atoms with E-state index < -0.39 is 5.60 Å². The lowest BCUT2D eigenvalue weighted by molar-refractivity contribution is 0.0506. The number of pyridine rings is 1. The highest BCUT2D eigenvalue weighted by molar-refractivity contribution is 6.29. The second-order valence-corrected chi connectivity index (χ2v) is 6.74. The Kier molecular flexibility index (Phi) is 5.06. The third-order valence-electron chi connectivity index (χ3n) is 3.19. The van der Waals surface area contributed by atoms with Gasteiger partial charge in [-0.25, -0.2) is 9.78 Å². The largest absolute Gasteiger partial charge is 0.444 e. The number of aromatic nitrogens is 1. The minimum atomic E-state index is -0.461. The predicted octanol–water partition coefficient (Wildman–Crippen LogP) is 2.83. The van der Waals surface area contributed by atoms with Crippen molar-refractivity contribution >= 4 is 17.7 Å². The maximum Gasteiger partial charge on any atom is 0.407 e. The van der Waals surface area contributed by atoms with Crippen molar-refractivity contribution in [2.75, 3.05) is 13.1 Å². The number of ether oxygens (including phenoxy) is 1. The van der Waals surface area contributed by atoms with Gasteiger partial charge in [0.2, 0.25) is 0 Å². The van der Waals surface area contributed by atoms with Crippen molar-refractivity contribution in [3.05, 3.63) is 29.0 Å². The van der Waals surface area contributed by atoms with Crippen LogP contribution in [0, 0.1) is 0 Å². The van der Waals surface area contributed by atoms with Crippen LogP contribution in [0.1, 0.15) is 32.8 Å². The minimum Gasteiger partial charge on any atom is -0.444 e. The fourth-order valence-electron chi connectivity index (χ4n) is 2.33. The van der Waals surface area contributed by atoms with Gasteiger partial charge in [-0.1, -0.05) is 17.7 Å². The van der Waals surface area contributed by atoms with Gasteiger partial charge in [0.25, 0.3) is 0 Å². The Hall–Kier alpha value is -1.33. The first kappa shape index (κ1) is 16.0. The molecule has 1 amide bonds. The SMILES string of the molecule is CC(C)(C)OC(=O)N[C@H]1CCN(Cc2ccc(Cl)nc2)C1. The molecule has 1 aromatic rings. The molecule has 0 aromatic carbocycles. The number of alkyl carbamates (subject to hydrolysis) is 1. The van der Waals surface area contributed by atoms with Crippen LogP contribution in [0.3, 0.4) is 0 Å². The Labute approximate surface area is 130 Å². The summed E-state index contributed by atoms with van der Waals surface area (Å²) in [6.45, 7) is 8.17. The van der Waals surface area contributed by atoms with Crippen LogP contribution in [-0.2, 0) is 11.3 Å². The lowest BCUT2D eigenvalue weighted by Crippen LogP contribution is -2.40. The highest BCUT2D eigenvalue weighted by atomic mass is 35.5. The van der Waals surface area contributed by atoms with Gasteiger partial charge in [-0.3, -0.25) is 4.90 Å². The summed E-state index contributed by atoms with van der Waals surface area (Å²) in [5, 5.41) is 3.43. The first-order valence-electron chi connectivity index (χ1n) is 7.14. The normalized spacial score (nSPS) is 19.5. The summed E-state index contributed by atoms with van der Waals surface area (Å²) in [5.41, 5.74) is 0.662. The molecule has 1 N–H and O–H groups in total. The summed E-state index contributed by atoms with van der Waals surface area (Å²) in [6.07, 6.45) is 2.37. The molecule has 2 heterocycles. The summed E-state index contributed by atoms with van der Waals surface area (Å²) in [7, 11) is 0. The van der Waals surface area contributed by atoms with E-state index in [0.29, 0.717) is 5.15 Å². The Morgan fingerprint density at radius 1 is 1.52 bits per heavy atom. The van der Waals surface area contributed by atoms with E-state index in [4.69, 9.17) is 16.3 Å². The van der Waals surface area contributed by atoms with Gasteiger partial charge in [-0.2, -0.15) is 0 Å². The molecule has 0 aliphatic carbocycles. The van der Waals surface area contributed by atoms with E-state index >= 15 is 0 Å². The number of amides is 1. The van der Waals surface area contributed by atoms with Crippen LogP contribution >= 0.6 is 11.6 Å². The van der Waals surface area contributed by atoms with Crippen molar-refractivity contribution in [1.29, 1.82) is 0 Å². The first-order valence-corrected chi connectivity index (χ1v) is 7.52. The molecule has 0 unspecified atom stereocenters. The number of carbonyl (C=O) groups excluding carboxylic acids is 1. The van der Waals surface area contributed by atoms with Crippen LogP contribution in [0.2, 0.25) is 5.15 Å². The number of nitrogens with zero attached hydrogens (tertiary/aromatic N) is 2. The molecule has 6 heteroatoms. The molecule has 1 atom stereocenters. The summed E-state index contributed by atoms with van der Waals surface area (Å²) in [6, 6.07) is 3.91. The van der Waals surface area contributed by atoms with Crippen molar-refractivity contribution in [2.45, 2.75) is 45.4 Å². The van der Waals surface area contributed by atoms with E-state index in [1.807, 2.05) is 26.8 Å². The third kappa shape index (κ3) is 5.52. The van der Waals surface area contributed by atoms with Crippen LogP contribution in [0.25, 0.3) is 0 Å². The molecule has 1 saturated heterocycles. The van der Waals surface area contributed by atoms with E-state index in [0.717, 1.165) is 31.6 Å². The van der Waals surface area contributed by atoms with Crippen LogP contribution in [-0.4, -0.2) is 40.7 Å². The number of likely N-dealkylation sites (tertiary alicyclic amines) is 1. The van der Waals surface area contributed by atoms with Crippen molar-refractivity contribution in [3.63, 3.8) is 0 Å². The standard InChI is InChI=1S/C15H22ClN3O2/c1-15(2,3)21-14(20)18-12-6-7-19(10-12)9-11-4-5-13(16)17-8-11/h4-5,8,12H,6-7,9-10H2,1-3H3,(H,18,20)/t12-/m0/s1. The zero-order valence-electron chi connectivity index (χ0n) is 12.7. The summed E-state index contributed by atoms with van der Waals surface area (Å²) in [5.74, 6) is 0. The average molecular weight is 312 g/mol. The number of rotatable bonds is 3. The van der Waals surface area contributed by atoms with Gasteiger partial charge in [0.1, 0.15) is 10.8 Å². The second kappa shape index (κ2) is 6.62. The lowest BCUT2D eigenvalue weighted by Gasteiger charge is -2.22.